The predicted molar refractivity (Wildman–Crippen MR) is 97.9 cm³/mol. The number of hydrogen-bond donors (Lipinski definition) is 0. The zero-order chi connectivity index (χ0) is 18.1. The van der Waals surface area contributed by atoms with Gasteiger partial charge in [-0.2, -0.15) is 0 Å². The van der Waals surface area contributed by atoms with Crippen molar-refractivity contribution < 1.29 is 19.1 Å². The Bertz CT molecular complexity index is 865. The topological polar surface area (TPSA) is 59.1 Å². The van der Waals surface area contributed by atoms with Crippen LogP contribution in [0.3, 0.4) is 0 Å². The van der Waals surface area contributed by atoms with Crippen molar-refractivity contribution >= 4 is 23.2 Å². The number of amides is 2. The van der Waals surface area contributed by atoms with Crippen LogP contribution >= 0.6 is 0 Å². The van der Waals surface area contributed by atoms with Gasteiger partial charge in [0.25, 0.3) is 5.91 Å². The van der Waals surface area contributed by atoms with Gasteiger partial charge in [0, 0.05) is 13.0 Å². The number of hydrogen-bond acceptors (Lipinski definition) is 4. The minimum atomic E-state index is -0.127. The standard InChI is InChI=1S/C20H20N2O4/c1-14-6-7-18-16(12-14)21(20(24)13-26-18)9-8-19(23)22-10-11-25-17-5-3-2-4-15(17)22/h2-7,12H,8-11,13H2,1H3. The number of rotatable bonds is 3. The lowest BCUT2D eigenvalue weighted by molar-refractivity contribution is -0.121. The van der Waals surface area contributed by atoms with Crippen molar-refractivity contribution in [2.45, 2.75) is 13.3 Å². The molecule has 0 N–H and O–H groups in total. The number of fused-ring (bicyclic) bond motifs is 2. The Balaban J connectivity index is 1.51. The lowest BCUT2D eigenvalue weighted by Gasteiger charge is -2.32. The SMILES string of the molecule is Cc1ccc2c(c1)N(CCC(=O)N1CCOc3ccccc31)C(=O)CO2. The van der Waals surface area contributed by atoms with Crippen LogP contribution in [0.5, 0.6) is 11.5 Å². The van der Waals surface area contributed by atoms with Crippen molar-refractivity contribution in [3.05, 3.63) is 48.0 Å². The summed E-state index contributed by atoms with van der Waals surface area (Å²) in [5, 5.41) is 0. The van der Waals surface area contributed by atoms with Crippen molar-refractivity contribution in [1.82, 2.24) is 0 Å². The van der Waals surface area contributed by atoms with Crippen molar-refractivity contribution in [1.29, 1.82) is 0 Å². The highest BCUT2D eigenvalue weighted by molar-refractivity contribution is 6.00. The summed E-state index contributed by atoms with van der Waals surface area (Å²) in [6.07, 6.45) is 0.244. The van der Waals surface area contributed by atoms with Crippen molar-refractivity contribution in [2.75, 3.05) is 36.1 Å². The second-order valence-electron chi connectivity index (χ2n) is 6.42. The van der Waals surface area contributed by atoms with Crippen molar-refractivity contribution in [2.24, 2.45) is 0 Å². The second kappa shape index (κ2) is 6.71. The molecule has 2 aromatic rings. The molecule has 0 spiro atoms. The van der Waals surface area contributed by atoms with E-state index in [9.17, 15) is 9.59 Å². The minimum Gasteiger partial charge on any atom is -0.490 e. The number of carbonyl (C=O) groups excluding carboxylic acids is 2. The van der Waals surface area contributed by atoms with E-state index < -0.39 is 0 Å². The smallest absolute Gasteiger partial charge is 0.265 e. The Labute approximate surface area is 151 Å². The molecule has 0 radical (unpaired) electrons. The Hall–Kier alpha value is -3.02. The van der Waals surface area contributed by atoms with Crippen LogP contribution in [0.2, 0.25) is 0 Å². The third-order valence-electron chi connectivity index (χ3n) is 4.64. The zero-order valence-electron chi connectivity index (χ0n) is 14.6. The molecule has 0 unspecified atom stereocenters. The molecule has 2 aliphatic rings. The van der Waals surface area contributed by atoms with E-state index in [2.05, 4.69) is 0 Å². The van der Waals surface area contributed by atoms with Gasteiger partial charge in [-0.25, -0.2) is 0 Å². The maximum Gasteiger partial charge on any atom is 0.265 e. The van der Waals surface area contributed by atoms with Crippen LogP contribution in [0.1, 0.15) is 12.0 Å². The van der Waals surface area contributed by atoms with Crippen LogP contribution in [-0.4, -0.2) is 38.1 Å². The summed E-state index contributed by atoms with van der Waals surface area (Å²) < 4.78 is 11.1. The van der Waals surface area contributed by atoms with Gasteiger partial charge in [-0.05, 0) is 36.8 Å². The summed E-state index contributed by atoms with van der Waals surface area (Å²) in [4.78, 5) is 28.5. The highest BCUT2D eigenvalue weighted by Gasteiger charge is 2.28. The van der Waals surface area contributed by atoms with Gasteiger partial charge in [-0.3, -0.25) is 9.59 Å². The van der Waals surface area contributed by atoms with E-state index in [-0.39, 0.29) is 24.8 Å². The van der Waals surface area contributed by atoms with Crippen molar-refractivity contribution in [3.8, 4) is 11.5 Å². The van der Waals surface area contributed by atoms with Gasteiger partial charge in [0.15, 0.2) is 6.61 Å². The van der Waals surface area contributed by atoms with Crippen LogP contribution in [0.25, 0.3) is 0 Å². The summed E-state index contributed by atoms with van der Waals surface area (Å²) >= 11 is 0. The first-order chi connectivity index (χ1) is 12.6. The molecule has 6 heteroatoms. The summed E-state index contributed by atoms with van der Waals surface area (Å²) in [5.74, 6) is 1.25. The van der Waals surface area contributed by atoms with Gasteiger partial charge in [-0.15, -0.1) is 0 Å². The fraction of sp³-hybridized carbons (Fsp3) is 0.300. The normalized spacial score (nSPS) is 15.7. The molecule has 4 rings (SSSR count). The largest absolute Gasteiger partial charge is 0.490 e. The van der Waals surface area contributed by atoms with E-state index >= 15 is 0 Å². The Morgan fingerprint density at radius 2 is 1.88 bits per heavy atom. The van der Waals surface area contributed by atoms with Gasteiger partial charge in [0.05, 0.1) is 17.9 Å². The molecule has 2 amide bonds. The maximum atomic E-state index is 12.8. The quantitative estimate of drug-likeness (QED) is 0.852. The summed E-state index contributed by atoms with van der Waals surface area (Å²) in [5.41, 5.74) is 2.56. The van der Waals surface area contributed by atoms with E-state index in [0.717, 1.165) is 22.7 Å². The molecule has 2 aromatic carbocycles. The molecular weight excluding hydrogens is 332 g/mol. The Morgan fingerprint density at radius 1 is 1.08 bits per heavy atom. The lowest BCUT2D eigenvalue weighted by Crippen LogP contribution is -2.43. The molecule has 0 bridgehead atoms. The maximum absolute atomic E-state index is 12.8. The first-order valence-electron chi connectivity index (χ1n) is 8.69. The van der Waals surface area contributed by atoms with E-state index in [4.69, 9.17) is 9.47 Å². The molecule has 2 heterocycles. The highest BCUT2D eigenvalue weighted by atomic mass is 16.5. The van der Waals surface area contributed by atoms with Gasteiger partial charge >= 0.3 is 0 Å². The minimum absolute atomic E-state index is 0.00460. The lowest BCUT2D eigenvalue weighted by atomic mass is 10.1. The number of aryl methyl sites for hydroxylation is 1. The molecule has 0 aliphatic carbocycles. The first kappa shape index (κ1) is 16.4. The number of anilines is 2. The van der Waals surface area contributed by atoms with Crippen molar-refractivity contribution in [3.63, 3.8) is 0 Å². The van der Waals surface area contributed by atoms with Gasteiger partial charge in [0.2, 0.25) is 5.91 Å². The highest BCUT2D eigenvalue weighted by Crippen LogP contribution is 2.34. The Morgan fingerprint density at radius 3 is 2.77 bits per heavy atom. The van der Waals surface area contributed by atoms with E-state index in [1.807, 2.05) is 49.4 Å². The second-order valence-corrected chi connectivity index (χ2v) is 6.42. The van der Waals surface area contributed by atoms with Crippen LogP contribution in [0.15, 0.2) is 42.5 Å². The number of para-hydroxylation sites is 2. The molecule has 26 heavy (non-hydrogen) atoms. The molecule has 0 saturated carbocycles. The van der Waals surface area contributed by atoms with Gasteiger partial charge < -0.3 is 19.3 Å². The Kier molecular flexibility index (Phi) is 4.24. The van der Waals surface area contributed by atoms with Crippen LogP contribution in [0, 0.1) is 6.92 Å². The van der Waals surface area contributed by atoms with Gasteiger partial charge in [-0.1, -0.05) is 18.2 Å². The fourth-order valence-corrected chi connectivity index (χ4v) is 3.33. The fourth-order valence-electron chi connectivity index (χ4n) is 3.33. The van der Waals surface area contributed by atoms with E-state index in [0.29, 0.717) is 25.4 Å². The first-order valence-corrected chi connectivity index (χ1v) is 8.69. The average molecular weight is 352 g/mol. The third-order valence-corrected chi connectivity index (χ3v) is 4.64. The number of nitrogens with zero attached hydrogens (tertiary/aromatic N) is 2. The van der Waals surface area contributed by atoms with E-state index in [1.165, 1.54) is 0 Å². The summed E-state index contributed by atoms with van der Waals surface area (Å²) in [7, 11) is 0. The molecule has 0 aromatic heterocycles. The molecule has 0 fully saturated rings. The van der Waals surface area contributed by atoms with Crippen LogP contribution in [-0.2, 0) is 9.59 Å². The third kappa shape index (κ3) is 2.98. The zero-order valence-corrected chi connectivity index (χ0v) is 14.6. The molecule has 0 saturated heterocycles. The van der Waals surface area contributed by atoms with E-state index in [1.54, 1.807) is 9.80 Å². The van der Waals surface area contributed by atoms with Gasteiger partial charge in [0.1, 0.15) is 18.1 Å². The molecule has 134 valence electrons. The number of benzene rings is 2. The molecule has 6 nitrogen and oxygen atoms in total. The van der Waals surface area contributed by atoms with Crippen LogP contribution in [0.4, 0.5) is 11.4 Å². The predicted octanol–water partition coefficient (Wildman–Crippen LogP) is 2.54. The summed E-state index contributed by atoms with van der Waals surface area (Å²) in [6.45, 7) is 3.29. The number of carbonyl (C=O) groups is 2. The monoisotopic (exact) mass is 352 g/mol. The average Bonchev–Trinajstić information content (AvgIpc) is 2.66. The summed E-state index contributed by atoms with van der Waals surface area (Å²) in [6, 6.07) is 13.2. The number of ether oxygens (including phenoxy) is 2. The molecule has 2 aliphatic heterocycles. The molecular formula is C20H20N2O4. The molecule has 0 atom stereocenters. The van der Waals surface area contributed by atoms with Crippen LogP contribution < -0.4 is 19.3 Å².